The van der Waals surface area contributed by atoms with Crippen molar-refractivity contribution in [3.63, 3.8) is 0 Å². The van der Waals surface area contributed by atoms with E-state index >= 15 is 0 Å². The van der Waals surface area contributed by atoms with Crippen LogP contribution in [0.1, 0.15) is 11.1 Å². The van der Waals surface area contributed by atoms with Crippen LogP contribution in [0.15, 0.2) is 28.7 Å². The van der Waals surface area contributed by atoms with Crippen LogP contribution in [-0.2, 0) is 0 Å². The lowest BCUT2D eigenvalue weighted by Crippen LogP contribution is -1.91. The van der Waals surface area contributed by atoms with Gasteiger partial charge in [0.1, 0.15) is 0 Å². The molecule has 0 spiro atoms. The van der Waals surface area contributed by atoms with Gasteiger partial charge >= 0.3 is 0 Å². The topological polar surface area (TPSA) is 41.8 Å². The molecular formula is C14H13BrN2. The molecule has 0 saturated carbocycles. The van der Waals surface area contributed by atoms with Crippen LogP contribution in [0, 0.1) is 13.8 Å². The van der Waals surface area contributed by atoms with Crippen LogP contribution in [0.25, 0.3) is 21.8 Å². The second kappa shape index (κ2) is 3.50. The van der Waals surface area contributed by atoms with Gasteiger partial charge in [-0.1, -0.05) is 15.9 Å². The molecule has 0 aliphatic heterocycles. The normalized spacial score (nSPS) is 11.5. The van der Waals surface area contributed by atoms with Crippen LogP contribution in [0.2, 0.25) is 0 Å². The Morgan fingerprint density at radius 1 is 1.18 bits per heavy atom. The monoisotopic (exact) mass is 288 g/mol. The molecule has 0 atom stereocenters. The summed E-state index contributed by atoms with van der Waals surface area (Å²) in [6, 6.07) is 8.31. The molecule has 2 nitrogen and oxygen atoms in total. The number of rotatable bonds is 0. The van der Waals surface area contributed by atoms with Crippen LogP contribution in [0.3, 0.4) is 0 Å². The maximum absolute atomic E-state index is 6.05. The highest BCUT2D eigenvalue weighted by molar-refractivity contribution is 9.10. The number of nitrogens with two attached hydrogens (primary N) is 1. The van der Waals surface area contributed by atoms with Gasteiger partial charge in [-0.3, -0.25) is 0 Å². The number of benzene rings is 2. The fourth-order valence-electron chi connectivity index (χ4n) is 2.41. The maximum Gasteiger partial charge on any atom is 0.0498 e. The van der Waals surface area contributed by atoms with Crippen molar-refractivity contribution in [2.24, 2.45) is 0 Å². The predicted molar refractivity (Wildman–Crippen MR) is 77.4 cm³/mol. The van der Waals surface area contributed by atoms with Crippen molar-refractivity contribution in [1.29, 1.82) is 0 Å². The number of aromatic nitrogens is 1. The van der Waals surface area contributed by atoms with E-state index in [4.69, 9.17) is 5.73 Å². The van der Waals surface area contributed by atoms with Crippen LogP contribution >= 0.6 is 15.9 Å². The molecule has 1 heterocycles. The molecule has 0 aliphatic carbocycles. The molecule has 3 heteroatoms. The molecule has 0 bridgehead atoms. The zero-order valence-electron chi connectivity index (χ0n) is 9.76. The van der Waals surface area contributed by atoms with Crippen molar-refractivity contribution in [2.75, 3.05) is 5.73 Å². The Morgan fingerprint density at radius 2 is 1.94 bits per heavy atom. The third kappa shape index (κ3) is 1.46. The minimum absolute atomic E-state index is 0.857. The molecule has 3 N–H and O–H groups in total. The Balaban J connectivity index is 2.63. The fourth-order valence-corrected chi connectivity index (χ4v) is 2.77. The van der Waals surface area contributed by atoms with Gasteiger partial charge in [-0.05, 0) is 49.2 Å². The second-order valence-corrected chi connectivity index (χ2v) is 5.39. The molecule has 86 valence electrons. The summed E-state index contributed by atoms with van der Waals surface area (Å²) in [7, 11) is 0. The van der Waals surface area contributed by atoms with Crippen molar-refractivity contribution in [2.45, 2.75) is 13.8 Å². The summed E-state index contributed by atoms with van der Waals surface area (Å²) in [6.45, 7) is 4.16. The van der Waals surface area contributed by atoms with Gasteiger partial charge < -0.3 is 10.7 Å². The molecule has 0 radical (unpaired) electrons. The van der Waals surface area contributed by atoms with Gasteiger partial charge in [-0.25, -0.2) is 0 Å². The van der Waals surface area contributed by atoms with Gasteiger partial charge in [-0.15, -0.1) is 0 Å². The van der Waals surface area contributed by atoms with E-state index < -0.39 is 0 Å². The van der Waals surface area contributed by atoms with E-state index in [2.05, 4.69) is 46.9 Å². The lowest BCUT2D eigenvalue weighted by atomic mass is 10.0. The van der Waals surface area contributed by atoms with E-state index in [9.17, 15) is 0 Å². The smallest absolute Gasteiger partial charge is 0.0498 e. The second-order valence-electron chi connectivity index (χ2n) is 4.47. The molecule has 1 aromatic heterocycles. The van der Waals surface area contributed by atoms with Crippen LogP contribution in [-0.4, -0.2) is 4.98 Å². The van der Waals surface area contributed by atoms with Gasteiger partial charge in [0.05, 0.1) is 0 Å². The van der Waals surface area contributed by atoms with Gasteiger partial charge in [0, 0.05) is 32.0 Å². The highest BCUT2D eigenvalue weighted by Gasteiger charge is 2.11. The van der Waals surface area contributed by atoms with Crippen LogP contribution in [0.4, 0.5) is 5.69 Å². The largest absolute Gasteiger partial charge is 0.398 e. The number of aromatic amines is 1. The zero-order chi connectivity index (χ0) is 12.2. The van der Waals surface area contributed by atoms with E-state index in [0.29, 0.717) is 0 Å². The summed E-state index contributed by atoms with van der Waals surface area (Å²) in [4.78, 5) is 3.47. The molecule has 0 saturated heterocycles. The van der Waals surface area contributed by atoms with Crippen LogP contribution in [0.5, 0.6) is 0 Å². The molecule has 17 heavy (non-hydrogen) atoms. The van der Waals surface area contributed by atoms with Crippen molar-refractivity contribution < 1.29 is 0 Å². The summed E-state index contributed by atoms with van der Waals surface area (Å²) < 4.78 is 1.09. The number of hydrogen-bond acceptors (Lipinski definition) is 1. The number of hydrogen-bond donors (Lipinski definition) is 2. The highest BCUT2D eigenvalue weighted by atomic mass is 79.9. The van der Waals surface area contributed by atoms with Crippen LogP contribution < -0.4 is 5.73 Å². The fraction of sp³-hybridized carbons (Fsp3) is 0.143. The third-order valence-corrected chi connectivity index (χ3v) is 3.83. The molecule has 3 aromatic rings. The number of halogens is 1. The van der Waals surface area contributed by atoms with E-state index in [1.54, 1.807) is 0 Å². The third-order valence-electron chi connectivity index (χ3n) is 3.33. The molecule has 0 fully saturated rings. The average molecular weight is 289 g/mol. The van der Waals surface area contributed by atoms with Gasteiger partial charge in [-0.2, -0.15) is 0 Å². The lowest BCUT2D eigenvalue weighted by molar-refractivity contribution is 1.42. The SMILES string of the molecule is Cc1cc(N)c(C)c2c1[nH]c1ccc(Br)cc12. The van der Waals surface area contributed by atoms with E-state index in [1.807, 2.05) is 12.1 Å². The van der Waals surface area contributed by atoms with Crippen molar-refractivity contribution in [3.05, 3.63) is 39.9 Å². The minimum Gasteiger partial charge on any atom is -0.398 e. The van der Waals surface area contributed by atoms with Gasteiger partial charge in [0.2, 0.25) is 0 Å². The maximum atomic E-state index is 6.05. The highest BCUT2D eigenvalue weighted by Crippen LogP contribution is 2.34. The van der Waals surface area contributed by atoms with Crippen molar-refractivity contribution in [3.8, 4) is 0 Å². The first-order valence-electron chi connectivity index (χ1n) is 5.54. The number of fused-ring (bicyclic) bond motifs is 3. The number of aryl methyl sites for hydroxylation is 2. The van der Waals surface area contributed by atoms with Gasteiger partial charge in [0.25, 0.3) is 0 Å². The summed E-state index contributed by atoms with van der Waals surface area (Å²) in [6.07, 6.45) is 0. The molecule has 3 rings (SSSR count). The summed E-state index contributed by atoms with van der Waals surface area (Å²) >= 11 is 3.52. The lowest BCUT2D eigenvalue weighted by Gasteiger charge is -2.05. The predicted octanol–water partition coefficient (Wildman–Crippen LogP) is 4.28. The molecule has 0 aliphatic rings. The average Bonchev–Trinajstić information content (AvgIpc) is 2.65. The van der Waals surface area contributed by atoms with E-state index in [-0.39, 0.29) is 0 Å². The quantitative estimate of drug-likeness (QED) is 0.596. The standard InChI is InChI=1S/C14H13BrN2/c1-7-5-11(16)8(2)13-10-6-9(15)3-4-12(10)17-14(7)13/h3-6,17H,16H2,1-2H3. The first kappa shape index (κ1) is 10.7. The Kier molecular flexibility index (Phi) is 2.20. The number of nitrogens with one attached hydrogen (secondary N) is 1. The molecule has 0 amide bonds. The van der Waals surface area contributed by atoms with Crippen molar-refractivity contribution >= 4 is 43.4 Å². The summed E-state index contributed by atoms with van der Waals surface area (Å²) in [5.41, 5.74) is 11.6. The van der Waals surface area contributed by atoms with E-state index in [1.165, 1.54) is 21.9 Å². The summed E-state index contributed by atoms with van der Waals surface area (Å²) in [5.74, 6) is 0. The number of H-pyrrole nitrogens is 1. The summed E-state index contributed by atoms with van der Waals surface area (Å²) in [5, 5.41) is 2.46. The first-order valence-corrected chi connectivity index (χ1v) is 6.34. The molecular weight excluding hydrogens is 276 g/mol. The molecule has 2 aromatic carbocycles. The van der Waals surface area contributed by atoms with Crippen molar-refractivity contribution in [1.82, 2.24) is 4.98 Å². The zero-order valence-corrected chi connectivity index (χ0v) is 11.4. The Labute approximate surface area is 108 Å². The molecule has 0 unspecified atom stereocenters. The Hall–Kier alpha value is -1.48. The first-order chi connectivity index (χ1) is 8.08. The Morgan fingerprint density at radius 3 is 2.71 bits per heavy atom. The van der Waals surface area contributed by atoms with Gasteiger partial charge in [0.15, 0.2) is 0 Å². The number of nitrogen functional groups attached to an aromatic ring is 1. The Bertz CT molecular complexity index is 741. The minimum atomic E-state index is 0.857. The van der Waals surface area contributed by atoms with E-state index in [0.717, 1.165) is 21.2 Å². The number of anilines is 1.